The van der Waals surface area contributed by atoms with E-state index < -0.39 is 0 Å². The molecule has 0 aliphatic rings. The lowest BCUT2D eigenvalue weighted by Gasteiger charge is -2.00. The van der Waals surface area contributed by atoms with Gasteiger partial charge in [-0.25, -0.2) is 0 Å². The van der Waals surface area contributed by atoms with Crippen molar-refractivity contribution in [2.24, 2.45) is 0 Å². The quantitative estimate of drug-likeness (QED) is 0.624. The molecule has 0 atom stereocenters. The normalized spacial score (nSPS) is 11.0. The summed E-state index contributed by atoms with van der Waals surface area (Å²) in [5, 5.41) is 9.95. The third-order valence-electron chi connectivity index (χ3n) is 2.42. The Labute approximate surface area is 91.0 Å². The fraction of sp³-hybridized carbons (Fsp3) is 0.0909. The second kappa shape index (κ2) is 3.17. The van der Waals surface area contributed by atoms with Crippen LogP contribution in [0.4, 0.5) is 0 Å². The number of hydrogen-bond donors (Lipinski definition) is 0. The molecule has 0 radical (unpaired) electrons. The van der Waals surface area contributed by atoms with Crippen LogP contribution < -0.4 is 0 Å². The van der Waals surface area contributed by atoms with Crippen molar-refractivity contribution in [3.63, 3.8) is 0 Å². The predicted octanol–water partition coefficient (Wildman–Crippen LogP) is 2.77. The Kier molecular flexibility index (Phi) is 1.82. The van der Waals surface area contributed by atoms with E-state index >= 15 is 0 Å². The Morgan fingerprint density at radius 2 is 2.20 bits per heavy atom. The Morgan fingerprint density at radius 3 is 3.00 bits per heavy atom. The monoisotopic (exact) mass is 215 g/mol. The van der Waals surface area contributed by atoms with Crippen molar-refractivity contribution in [2.45, 2.75) is 6.92 Å². The van der Waals surface area contributed by atoms with Crippen molar-refractivity contribution >= 4 is 17.0 Å². The maximum absolute atomic E-state index is 3.98. The average molecular weight is 215 g/mol. The van der Waals surface area contributed by atoms with Crippen molar-refractivity contribution in [1.29, 1.82) is 0 Å². The summed E-state index contributed by atoms with van der Waals surface area (Å²) in [6, 6.07) is 6.21. The van der Waals surface area contributed by atoms with Crippen LogP contribution in [0.25, 0.3) is 16.1 Å². The van der Waals surface area contributed by atoms with Gasteiger partial charge in [-0.15, -0.1) is 21.5 Å². The first-order valence-corrected chi connectivity index (χ1v) is 5.56. The van der Waals surface area contributed by atoms with Gasteiger partial charge in [-0.1, -0.05) is 0 Å². The minimum Gasteiger partial charge on any atom is -0.288 e. The zero-order chi connectivity index (χ0) is 10.3. The van der Waals surface area contributed by atoms with Gasteiger partial charge >= 0.3 is 0 Å². The maximum Gasteiger partial charge on any atom is 0.160 e. The molecule has 0 aliphatic heterocycles. The molecule has 0 aliphatic carbocycles. The molecule has 0 spiro atoms. The lowest BCUT2D eigenvalue weighted by molar-refractivity contribution is 1.10. The molecule has 4 heteroatoms. The number of aryl methyl sites for hydroxylation is 1. The summed E-state index contributed by atoms with van der Waals surface area (Å²) >= 11 is 1.76. The van der Waals surface area contributed by atoms with Crippen molar-refractivity contribution in [3.8, 4) is 10.4 Å². The van der Waals surface area contributed by atoms with E-state index in [0.29, 0.717) is 0 Å². The van der Waals surface area contributed by atoms with Crippen LogP contribution in [0, 0.1) is 6.92 Å². The van der Waals surface area contributed by atoms with Gasteiger partial charge in [-0.3, -0.25) is 4.40 Å². The summed E-state index contributed by atoms with van der Waals surface area (Å²) in [6.45, 7) is 2.13. The SMILES string of the molecule is Cc1ccsc1-c1ccc2nncn2c1. The Hall–Kier alpha value is -1.68. The number of hydrogen-bond acceptors (Lipinski definition) is 3. The van der Waals surface area contributed by atoms with Gasteiger partial charge in [0, 0.05) is 16.6 Å². The van der Waals surface area contributed by atoms with Crippen molar-refractivity contribution in [1.82, 2.24) is 14.6 Å². The summed E-state index contributed by atoms with van der Waals surface area (Å²) in [7, 11) is 0. The van der Waals surface area contributed by atoms with Gasteiger partial charge in [0.1, 0.15) is 6.33 Å². The standard InChI is InChI=1S/C11H9N3S/c1-8-4-5-15-11(8)9-2-3-10-13-12-7-14(10)6-9/h2-7H,1H3. The first-order chi connectivity index (χ1) is 7.34. The van der Waals surface area contributed by atoms with E-state index in [1.807, 2.05) is 10.5 Å². The van der Waals surface area contributed by atoms with Crippen LogP contribution in [0.15, 0.2) is 36.1 Å². The third-order valence-corrected chi connectivity index (χ3v) is 3.48. The summed E-state index contributed by atoms with van der Waals surface area (Å²) in [5.74, 6) is 0. The Bertz CT molecular complexity index is 609. The molecule has 3 nitrogen and oxygen atoms in total. The van der Waals surface area contributed by atoms with E-state index in [4.69, 9.17) is 0 Å². The second-order valence-electron chi connectivity index (χ2n) is 3.45. The fourth-order valence-electron chi connectivity index (χ4n) is 1.63. The van der Waals surface area contributed by atoms with E-state index in [-0.39, 0.29) is 0 Å². The van der Waals surface area contributed by atoms with E-state index in [0.717, 1.165) is 5.65 Å². The lowest BCUT2D eigenvalue weighted by atomic mass is 10.2. The minimum atomic E-state index is 0.882. The number of fused-ring (bicyclic) bond motifs is 1. The van der Waals surface area contributed by atoms with Gasteiger partial charge in [0.2, 0.25) is 0 Å². The predicted molar refractivity (Wildman–Crippen MR) is 61.0 cm³/mol. The van der Waals surface area contributed by atoms with E-state index in [1.54, 1.807) is 17.7 Å². The number of rotatable bonds is 1. The molecule has 0 saturated carbocycles. The molecule has 0 amide bonds. The van der Waals surface area contributed by atoms with Gasteiger partial charge in [0.05, 0.1) is 0 Å². The van der Waals surface area contributed by atoms with E-state index in [9.17, 15) is 0 Å². The molecule has 3 aromatic heterocycles. The summed E-state index contributed by atoms with van der Waals surface area (Å²) in [5.41, 5.74) is 3.41. The molecule has 0 N–H and O–H groups in total. The summed E-state index contributed by atoms with van der Waals surface area (Å²) < 4.78 is 1.94. The van der Waals surface area contributed by atoms with Gasteiger partial charge in [0.15, 0.2) is 5.65 Å². The highest BCUT2D eigenvalue weighted by molar-refractivity contribution is 7.13. The fourth-order valence-corrected chi connectivity index (χ4v) is 2.55. The van der Waals surface area contributed by atoms with Gasteiger partial charge in [0.25, 0.3) is 0 Å². The highest BCUT2D eigenvalue weighted by Gasteiger charge is 2.04. The highest BCUT2D eigenvalue weighted by Crippen LogP contribution is 2.28. The molecule has 74 valence electrons. The molecular weight excluding hydrogens is 206 g/mol. The van der Waals surface area contributed by atoms with Crippen LogP contribution >= 0.6 is 11.3 Å². The third kappa shape index (κ3) is 1.34. The zero-order valence-corrected chi connectivity index (χ0v) is 9.03. The average Bonchev–Trinajstić information content (AvgIpc) is 2.84. The molecule has 3 aromatic rings. The number of pyridine rings is 1. The molecular formula is C11H9N3S. The molecule has 0 aromatic carbocycles. The van der Waals surface area contributed by atoms with Gasteiger partial charge in [-0.05, 0) is 36.1 Å². The maximum atomic E-state index is 3.98. The van der Waals surface area contributed by atoms with Crippen LogP contribution in [-0.2, 0) is 0 Å². The number of nitrogens with zero attached hydrogens (tertiary/aromatic N) is 3. The first kappa shape index (κ1) is 8.61. The smallest absolute Gasteiger partial charge is 0.160 e. The Balaban J connectivity index is 2.23. The molecule has 3 heterocycles. The molecule has 0 unspecified atom stereocenters. The minimum absolute atomic E-state index is 0.882. The summed E-state index contributed by atoms with van der Waals surface area (Å²) in [4.78, 5) is 1.31. The van der Waals surface area contributed by atoms with Gasteiger partial charge < -0.3 is 0 Å². The van der Waals surface area contributed by atoms with Crippen LogP contribution in [-0.4, -0.2) is 14.6 Å². The number of aromatic nitrogens is 3. The zero-order valence-electron chi connectivity index (χ0n) is 8.21. The summed E-state index contributed by atoms with van der Waals surface area (Å²) in [6.07, 6.45) is 3.79. The highest BCUT2D eigenvalue weighted by atomic mass is 32.1. The second-order valence-corrected chi connectivity index (χ2v) is 4.36. The van der Waals surface area contributed by atoms with Crippen LogP contribution in [0.5, 0.6) is 0 Å². The molecule has 15 heavy (non-hydrogen) atoms. The topological polar surface area (TPSA) is 30.2 Å². The largest absolute Gasteiger partial charge is 0.288 e. The van der Waals surface area contributed by atoms with Crippen molar-refractivity contribution in [2.75, 3.05) is 0 Å². The van der Waals surface area contributed by atoms with E-state index in [2.05, 4.69) is 40.8 Å². The van der Waals surface area contributed by atoms with Gasteiger partial charge in [-0.2, -0.15) is 0 Å². The van der Waals surface area contributed by atoms with Crippen molar-refractivity contribution in [3.05, 3.63) is 41.7 Å². The number of thiophene rings is 1. The molecule has 0 saturated heterocycles. The Morgan fingerprint density at radius 1 is 1.27 bits per heavy atom. The lowest BCUT2D eigenvalue weighted by Crippen LogP contribution is -1.84. The van der Waals surface area contributed by atoms with E-state index in [1.165, 1.54) is 16.0 Å². The first-order valence-electron chi connectivity index (χ1n) is 4.68. The molecule has 0 bridgehead atoms. The van der Waals surface area contributed by atoms with Crippen LogP contribution in [0.1, 0.15) is 5.56 Å². The van der Waals surface area contributed by atoms with Crippen LogP contribution in [0.3, 0.4) is 0 Å². The molecule has 0 fully saturated rings. The van der Waals surface area contributed by atoms with Crippen LogP contribution in [0.2, 0.25) is 0 Å². The molecule has 3 rings (SSSR count). The van der Waals surface area contributed by atoms with Crippen molar-refractivity contribution < 1.29 is 0 Å².